The van der Waals surface area contributed by atoms with Crippen molar-refractivity contribution in [1.82, 2.24) is 9.55 Å². The summed E-state index contributed by atoms with van der Waals surface area (Å²) in [6.07, 6.45) is -4.44. The van der Waals surface area contributed by atoms with Gasteiger partial charge in [-0.2, -0.15) is 0 Å². The molecule has 3 aromatic carbocycles. The minimum absolute atomic E-state index is 0.129. The first kappa shape index (κ1) is 23.4. The Morgan fingerprint density at radius 3 is 2.53 bits per heavy atom. The van der Waals surface area contributed by atoms with Crippen LogP contribution >= 0.6 is 0 Å². The standard InChI is InChI=1S/C26H21F3N4O3/c27-26(28,29)36-19-10-6-9-18(15-19)30-23(34)16-22-24(35)32(14-13-17-7-2-1-3-8-17)25-31-20-11-4-5-12-21(20)33(22)25/h1-12,15,22H,13-14,16H2,(H,30,34)/t22-/m0/s1. The van der Waals surface area contributed by atoms with Crippen LogP contribution in [0.2, 0.25) is 0 Å². The van der Waals surface area contributed by atoms with Gasteiger partial charge in [0, 0.05) is 18.3 Å². The first-order valence-electron chi connectivity index (χ1n) is 11.3. The fourth-order valence-electron chi connectivity index (χ4n) is 4.35. The summed E-state index contributed by atoms with van der Waals surface area (Å²) >= 11 is 0. The molecule has 2 heterocycles. The summed E-state index contributed by atoms with van der Waals surface area (Å²) in [5.74, 6) is -0.766. The fourth-order valence-corrected chi connectivity index (χ4v) is 4.35. The number of aromatic nitrogens is 2. The third-order valence-electron chi connectivity index (χ3n) is 5.88. The third kappa shape index (κ3) is 4.88. The predicted molar refractivity (Wildman–Crippen MR) is 128 cm³/mol. The Bertz CT molecular complexity index is 1420. The molecule has 184 valence electrons. The number of alkyl halides is 3. The lowest BCUT2D eigenvalue weighted by atomic mass is 10.1. The number of hydrogen-bond donors (Lipinski definition) is 1. The Morgan fingerprint density at radius 2 is 1.75 bits per heavy atom. The van der Waals surface area contributed by atoms with E-state index in [0.717, 1.165) is 23.2 Å². The molecule has 0 aliphatic carbocycles. The molecule has 0 spiro atoms. The summed E-state index contributed by atoms with van der Waals surface area (Å²) in [4.78, 5) is 32.5. The van der Waals surface area contributed by atoms with Gasteiger partial charge >= 0.3 is 6.36 Å². The summed E-state index contributed by atoms with van der Waals surface area (Å²) < 4.78 is 43.3. The number of halogens is 3. The van der Waals surface area contributed by atoms with Crippen LogP contribution in [-0.4, -0.2) is 34.3 Å². The molecule has 1 aliphatic rings. The highest BCUT2D eigenvalue weighted by Gasteiger charge is 2.40. The number of imidazole rings is 1. The van der Waals surface area contributed by atoms with Crippen LogP contribution in [0.25, 0.3) is 11.0 Å². The number of hydrogen-bond acceptors (Lipinski definition) is 4. The van der Waals surface area contributed by atoms with Crippen molar-refractivity contribution in [3.63, 3.8) is 0 Å². The number of benzene rings is 3. The summed E-state index contributed by atoms with van der Waals surface area (Å²) in [5.41, 5.74) is 2.62. The molecule has 1 atom stereocenters. The molecule has 0 radical (unpaired) electrons. The van der Waals surface area contributed by atoms with Crippen LogP contribution in [0.1, 0.15) is 18.0 Å². The van der Waals surface area contributed by atoms with E-state index < -0.39 is 24.1 Å². The van der Waals surface area contributed by atoms with Gasteiger partial charge in [-0.3, -0.25) is 19.1 Å². The second-order valence-corrected chi connectivity index (χ2v) is 8.34. The molecular weight excluding hydrogens is 473 g/mol. The second kappa shape index (κ2) is 9.37. The van der Waals surface area contributed by atoms with Crippen LogP contribution in [0.5, 0.6) is 5.75 Å². The highest BCUT2D eigenvalue weighted by molar-refractivity contribution is 6.05. The lowest BCUT2D eigenvalue weighted by Crippen LogP contribution is -2.33. The number of carbonyl (C=O) groups is 2. The van der Waals surface area contributed by atoms with Gasteiger partial charge in [-0.05, 0) is 36.2 Å². The van der Waals surface area contributed by atoms with Gasteiger partial charge in [0.15, 0.2) is 0 Å². The summed E-state index contributed by atoms with van der Waals surface area (Å²) in [7, 11) is 0. The Kier molecular flexibility index (Phi) is 6.09. The maximum absolute atomic E-state index is 13.4. The maximum atomic E-state index is 13.4. The second-order valence-electron chi connectivity index (χ2n) is 8.34. The first-order valence-corrected chi connectivity index (χ1v) is 11.3. The van der Waals surface area contributed by atoms with Gasteiger partial charge in [-0.1, -0.05) is 48.5 Å². The lowest BCUT2D eigenvalue weighted by Gasteiger charge is -2.16. The number of nitrogens with one attached hydrogen (secondary N) is 1. The minimum atomic E-state index is -4.85. The lowest BCUT2D eigenvalue weighted by molar-refractivity contribution is -0.274. The molecule has 5 rings (SSSR count). The highest BCUT2D eigenvalue weighted by atomic mass is 19.4. The van der Waals surface area contributed by atoms with Gasteiger partial charge < -0.3 is 10.1 Å². The van der Waals surface area contributed by atoms with Crippen molar-refractivity contribution >= 4 is 34.5 Å². The highest BCUT2D eigenvalue weighted by Crippen LogP contribution is 2.36. The Morgan fingerprint density at radius 1 is 1.00 bits per heavy atom. The molecule has 2 amide bonds. The van der Waals surface area contributed by atoms with E-state index >= 15 is 0 Å². The van der Waals surface area contributed by atoms with Crippen molar-refractivity contribution in [2.75, 3.05) is 16.8 Å². The Balaban J connectivity index is 1.37. The number of anilines is 2. The molecular formula is C26H21F3N4O3. The topological polar surface area (TPSA) is 76.5 Å². The molecule has 10 heteroatoms. The normalized spacial score (nSPS) is 15.2. The van der Waals surface area contributed by atoms with Crippen molar-refractivity contribution in [2.45, 2.75) is 25.2 Å². The van der Waals surface area contributed by atoms with Crippen LogP contribution in [0.15, 0.2) is 78.9 Å². The van der Waals surface area contributed by atoms with E-state index in [-0.39, 0.29) is 18.0 Å². The van der Waals surface area contributed by atoms with Crippen molar-refractivity contribution in [2.24, 2.45) is 0 Å². The van der Waals surface area contributed by atoms with E-state index in [1.165, 1.54) is 12.1 Å². The quantitative estimate of drug-likeness (QED) is 0.388. The molecule has 1 aromatic heterocycles. The molecule has 7 nitrogen and oxygen atoms in total. The van der Waals surface area contributed by atoms with E-state index in [1.54, 1.807) is 9.47 Å². The van der Waals surface area contributed by atoms with E-state index in [1.807, 2.05) is 54.6 Å². The van der Waals surface area contributed by atoms with Gasteiger partial charge in [0.25, 0.3) is 5.91 Å². The summed E-state index contributed by atoms with van der Waals surface area (Å²) in [6, 6.07) is 21.2. The molecule has 1 N–H and O–H groups in total. The Labute approximate surface area is 204 Å². The van der Waals surface area contributed by atoms with E-state index in [0.29, 0.717) is 24.4 Å². The number of nitrogens with zero attached hydrogens (tertiary/aromatic N) is 3. The molecule has 1 aliphatic heterocycles. The number of rotatable bonds is 7. The van der Waals surface area contributed by atoms with Gasteiger partial charge in [-0.15, -0.1) is 13.2 Å². The Hall–Kier alpha value is -4.34. The zero-order chi connectivity index (χ0) is 25.3. The first-order chi connectivity index (χ1) is 17.3. The zero-order valence-corrected chi connectivity index (χ0v) is 18.9. The van der Waals surface area contributed by atoms with Crippen molar-refractivity contribution in [3.8, 4) is 5.75 Å². The number of amides is 2. The van der Waals surface area contributed by atoms with Gasteiger partial charge in [0.2, 0.25) is 11.9 Å². The monoisotopic (exact) mass is 494 g/mol. The van der Waals surface area contributed by atoms with Crippen molar-refractivity contribution < 1.29 is 27.5 Å². The molecule has 0 fully saturated rings. The molecule has 0 unspecified atom stereocenters. The predicted octanol–water partition coefficient (Wildman–Crippen LogP) is 5.09. The molecule has 4 aromatic rings. The van der Waals surface area contributed by atoms with Gasteiger partial charge in [-0.25, -0.2) is 4.98 Å². The number of ether oxygens (including phenoxy) is 1. The van der Waals surface area contributed by atoms with Gasteiger partial charge in [0.1, 0.15) is 11.8 Å². The number of para-hydroxylation sites is 2. The van der Waals surface area contributed by atoms with E-state index in [2.05, 4.69) is 15.0 Å². The van der Waals surface area contributed by atoms with Crippen LogP contribution in [0, 0.1) is 0 Å². The van der Waals surface area contributed by atoms with Crippen LogP contribution < -0.4 is 15.0 Å². The summed E-state index contributed by atoms with van der Waals surface area (Å²) in [5, 5.41) is 2.57. The molecule has 0 saturated heterocycles. The average molecular weight is 494 g/mol. The smallest absolute Gasteiger partial charge is 0.406 e. The van der Waals surface area contributed by atoms with Crippen molar-refractivity contribution in [3.05, 3.63) is 84.4 Å². The van der Waals surface area contributed by atoms with Crippen LogP contribution in [0.3, 0.4) is 0 Å². The third-order valence-corrected chi connectivity index (χ3v) is 5.88. The SMILES string of the molecule is O=C(C[C@H]1C(=O)N(CCc2ccccc2)c2nc3ccccc3n21)Nc1cccc(OC(F)(F)F)c1. The molecule has 0 bridgehead atoms. The molecule has 0 saturated carbocycles. The fraction of sp³-hybridized carbons (Fsp3) is 0.192. The summed E-state index contributed by atoms with van der Waals surface area (Å²) in [6.45, 7) is 0.390. The van der Waals surface area contributed by atoms with E-state index in [9.17, 15) is 22.8 Å². The molecule has 36 heavy (non-hydrogen) atoms. The van der Waals surface area contributed by atoms with Crippen LogP contribution in [-0.2, 0) is 16.0 Å². The van der Waals surface area contributed by atoms with Crippen LogP contribution in [0.4, 0.5) is 24.8 Å². The maximum Gasteiger partial charge on any atom is 0.573 e. The van der Waals surface area contributed by atoms with Gasteiger partial charge in [0.05, 0.1) is 17.5 Å². The number of fused-ring (bicyclic) bond motifs is 3. The zero-order valence-electron chi connectivity index (χ0n) is 18.9. The van der Waals surface area contributed by atoms with Crippen molar-refractivity contribution in [1.29, 1.82) is 0 Å². The minimum Gasteiger partial charge on any atom is -0.406 e. The average Bonchev–Trinajstić information content (AvgIpc) is 3.32. The number of carbonyl (C=O) groups excluding carboxylic acids is 2. The largest absolute Gasteiger partial charge is 0.573 e. The van der Waals surface area contributed by atoms with E-state index in [4.69, 9.17) is 0 Å².